The number of rotatable bonds is 6. The highest BCUT2D eigenvalue weighted by Gasteiger charge is 2.16. The molecule has 0 fully saturated rings. The van der Waals surface area contributed by atoms with Crippen molar-refractivity contribution in [2.45, 2.75) is 26.7 Å². The molecule has 2 aromatic heterocycles. The summed E-state index contributed by atoms with van der Waals surface area (Å²) in [7, 11) is 1.86. The van der Waals surface area contributed by atoms with E-state index in [0.29, 0.717) is 13.0 Å². The molecule has 0 saturated heterocycles. The van der Waals surface area contributed by atoms with Gasteiger partial charge >= 0.3 is 0 Å². The Bertz CT molecular complexity index is 889. The average Bonchev–Trinajstić information content (AvgIpc) is 3.01. The van der Waals surface area contributed by atoms with E-state index in [1.54, 1.807) is 28.6 Å². The van der Waals surface area contributed by atoms with Crippen molar-refractivity contribution in [3.63, 3.8) is 0 Å². The Morgan fingerprint density at radius 2 is 1.85 bits per heavy atom. The maximum absolute atomic E-state index is 12.6. The van der Waals surface area contributed by atoms with Crippen molar-refractivity contribution in [1.29, 1.82) is 0 Å². The number of nitrogens with zero attached hydrogens (tertiary/aromatic N) is 3. The molecule has 0 atom stereocenters. The number of hydrogen-bond donors (Lipinski definition) is 0. The summed E-state index contributed by atoms with van der Waals surface area (Å²) in [5.74, 6) is 0.127. The van der Waals surface area contributed by atoms with Crippen molar-refractivity contribution < 1.29 is 4.79 Å². The molecule has 4 nitrogen and oxygen atoms in total. The zero-order chi connectivity index (χ0) is 18.5. The molecular weight excluding hydrogens is 342 g/mol. The Hall–Kier alpha value is -2.53. The Labute approximate surface area is 158 Å². The lowest BCUT2D eigenvalue weighted by atomic mass is 10.1. The van der Waals surface area contributed by atoms with Gasteiger partial charge in [-0.2, -0.15) is 0 Å². The summed E-state index contributed by atoms with van der Waals surface area (Å²) in [6.45, 7) is 4.77. The second-order valence-corrected chi connectivity index (χ2v) is 7.52. The zero-order valence-electron chi connectivity index (χ0n) is 15.4. The van der Waals surface area contributed by atoms with Gasteiger partial charge in [-0.05, 0) is 43.5 Å². The molecule has 1 aromatic carbocycles. The molecular formula is C21H23N3OS. The fourth-order valence-corrected chi connectivity index (χ4v) is 3.91. The van der Waals surface area contributed by atoms with Crippen molar-refractivity contribution >= 4 is 17.2 Å². The van der Waals surface area contributed by atoms with Crippen LogP contribution in [0.5, 0.6) is 0 Å². The molecule has 0 radical (unpaired) electrons. The molecule has 0 N–H and O–H groups in total. The minimum absolute atomic E-state index is 0.127. The molecule has 0 aliphatic carbocycles. The van der Waals surface area contributed by atoms with E-state index in [2.05, 4.69) is 29.0 Å². The highest BCUT2D eigenvalue weighted by molar-refractivity contribution is 7.15. The van der Waals surface area contributed by atoms with Gasteiger partial charge in [0.1, 0.15) is 5.01 Å². The van der Waals surface area contributed by atoms with Crippen LogP contribution in [0.15, 0.2) is 48.8 Å². The number of carbonyl (C=O) groups excluding carboxylic acids is 1. The third kappa shape index (κ3) is 4.35. The van der Waals surface area contributed by atoms with Gasteiger partial charge in [0, 0.05) is 36.4 Å². The maximum Gasteiger partial charge on any atom is 0.227 e. The number of benzene rings is 1. The van der Waals surface area contributed by atoms with Crippen LogP contribution >= 0.6 is 11.3 Å². The second kappa shape index (κ2) is 8.23. The van der Waals surface area contributed by atoms with Crippen LogP contribution in [0.25, 0.3) is 10.6 Å². The number of amides is 1. The van der Waals surface area contributed by atoms with Gasteiger partial charge in [-0.1, -0.05) is 24.3 Å². The molecule has 3 rings (SSSR count). The predicted octanol–water partition coefficient (Wildman–Crippen LogP) is 4.07. The largest absolute Gasteiger partial charge is 0.345 e. The number of thiazole rings is 1. The molecule has 0 spiro atoms. The summed E-state index contributed by atoms with van der Waals surface area (Å²) in [6, 6.07) is 12.2. The van der Waals surface area contributed by atoms with Crippen LogP contribution in [0.3, 0.4) is 0 Å². The Morgan fingerprint density at radius 1 is 1.12 bits per heavy atom. The van der Waals surface area contributed by atoms with Gasteiger partial charge in [-0.3, -0.25) is 9.78 Å². The molecule has 0 aliphatic heterocycles. The normalized spacial score (nSPS) is 10.7. The predicted molar refractivity (Wildman–Crippen MR) is 106 cm³/mol. The van der Waals surface area contributed by atoms with E-state index in [9.17, 15) is 4.79 Å². The van der Waals surface area contributed by atoms with Crippen LogP contribution in [0.2, 0.25) is 0 Å². The topological polar surface area (TPSA) is 46.1 Å². The maximum atomic E-state index is 12.6. The molecule has 1 amide bonds. The highest BCUT2D eigenvalue weighted by atomic mass is 32.1. The first-order valence-corrected chi connectivity index (χ1v) is 9.51. The number of pyridine rings is 1. The van der Waals surface area contributed by atoms with Crippen LogP contribution in [-0.2, 0) is 17.6 Å². The van der Waals surface area contributed by atoms with Gasteiger partial charge in [0.15, 0.2) is 0 Å². The van der Waals surface area contributed by atoms with E-state index < -0.39 is 0 Å². The minimum atomic E-state index is 0.127. The summed E-state index contributed by atoms with van der Waals surface area (Å²) in [5, 5.41) is 0.989. The molecule has 3 aromatic rings. The van der Waals surface area contributed by atoms with E-state index in [1.165, 1.54) is 11.1 Å². The van der Waals surface area contributed by atoms with Gasteiger partial charge in [0.25, 0.3) is 0 Å². The first kappa shape index (κ1) is 18.3. The van der Waals surface area contributed by atoms with Gasteiger partial charge in [0.05, 0.1) is 12.1 Å². The van der Waals surface area contributed by atoms with Crippen LogP contribution in [-0.4, -0.2) is 34.4 Å². The molecule has 0 saturated carbocycles. The van der Waals surface area contributed by atoms with E-state index in [4.69, 9.17) is 0 Å². The van der Waals surface area contributed by atoms with Gasteiger partial charge in [-0.25, -0.2) is 4.98 Å². The summed E-state index contributed by atoms with van der Waals surface area (Å²) in [4.78, 5) is 24.1. The fourth-order valence-electron chi connectivity index (χ4n) is 2.76. The minimum Gasteiger partial charge on any atom is -0.345 e. The van der Waals surface area contributed by atoms with Crippen molar-refractivity contribution in [1.82, 2.24) is 14.9 Å². The zero-order valence-corrected chi connectivity index (χ0v) is 16.2. The third-order valence-corrected chi connectivity index (χ3v) is 5.68. The van der Waals surface area contributed by atoms with Gasteiger partial charge < -0.3 is 4.90 Å². The number of hydrogen-bond acceptors (Lipinski definition) is 4. The van der Waals surface area contributed by atoms with Crippen molar-refractivity contribution in [3.05, 3.63) is 70.5 Å². The van der Waals surface area contributed by atoms with E-state index in [-0.39, 0.29) is 5.91 Å². The lowest BCUT2D eigenvalue weighted by molar-refractivity contribution is -0.129. The van der Waals surface area contributed by atoms with E-state index in [1.807, 2.05) is 38.2 Å². The Balaban J connectivity index is 1.65. The summed E-state index contributed by atoms with van der Waals surface area (Å²) in [5.41, 5.74) is 4.48. The van der Waals surface area contributed by atoms with Crippen LogP contribution in [0, 0.1) is 13.8 Å². The molecule has 5 heteroatoms. The van der Waals surface area contributed by atoms with Crippen molar-refractivity contribution in [2.75, 3.05) is 13.6 Å². The number of aryl methyl sites for hydroxylation is 2. The van der Waals surface area contributed by atoms with Crippen molar-refractivity contribution in [3.8, 4) is 10.6 Å². The Morgan fingerprint density at radius 3 is 2.58 bits per heavy atom. The molecule has 0 aliphatic rings. The lowest BCUT2D eigenvalue weighted by Gasteiger charge is -2.16. The summed E-state index contributed by atoms with van der Waals surface area (Å²) < 4.78 is 0. The highest BCUT2D eigenvalue weighted by Crippen LogP contribution is 2.30. The third-order valence-electron chi connectivity index (χ3n) is 4.49. The monoisotopic (exact) mass is 365 g/mol. The fraction of sp³-hybridized carbons (Fsp3) is 0.286. The number of carbonyl (C=O) groups is 1. The molecule has 2 heterocycles. The quantitative estimate of drug-likeness (QED) is 0.662. The Kier molecular flexibility index (Phi) is 5.78. The van der Waals surface area contributed by atoms with Crippen LogP contribution in [0.4, 0.5) is 0 Å². The molecule has 26 heavy (non-hydrogen) atoms. The smallest absolute Gasteiger partial charge is 0.227 e. The molecule has 0 unspecified atom stereocenters. The van der Waals surface area contributed by atoms with Crippen LogP contribution in [0.1, 0.15) is 21.7 Å². The van der Waals surface area contributed by atoms with E-state index in [0.717, 1.165) is 27.6 Å². The molecule has 134 valence electrons. The SMILES string of the molecule is Cc1ccccc1-c1nc(C)c(CC(=O)N(C)CCc2ccncc2)s1. The molecule has 0 bridgehead atoms. The summed E-state index contributed by atoms with van der Waals surface area (Å²) >= 11 is 1.62. The van der Waals surface area contributed by atoms with Gasteiger partial charge in [0.2, 0.25) is 5.91 Å². The van der Waals surface area contributed by atoms with E-state index >= 15 is 0 Å². The van der Waals surface area contributed by atoms with Crippen LogP contribution < -0.4 is 0 Å². The first-order valence-electron chi connectivity index (χ1n) is 8.70. The average molecular weight is 366 g/mol. The first-order chi connectivity index (χ1) is 12.5. The second-order valence-electron chi connectivity index (χ2n) is 6.44. The lowest BCUT2D eigenvalue weighted by Crippen LogP contribution is -2.30. The number of likely N-dealkylation sites (N-methyl/N-ethyl adjacent to an activating group) is 1. The number of aromatic nitrogens is 2. The standard InChI is InChI=1S/C21H23N3OS/c1-15-6-4-5-7-18(15)21-23-16(2)19(26-21)14-20(25)24(3)13-10-17-8-11-22-12-9-17/h4-9,11-12H,10,13-14H2,1-3H3. The summed E-state index contributed by atoms with van der Waals surface area (Å²) in [6.07, 6.45) is 4.80. The van der Waals surface area contributed by atoms with Gasteiger partial charge in [-0.15, -0.1) is 11.3 Å². The van der Waals surface area contributed by atoms with Crippen molar-refractivity contribution in [2.24, 2.45) is 0 Å².